The van der Waals surface area contributed by atoms with Crippen molar-refractivity contribution in [3.8, 4) is 11.5 Å². The van der Waals surface area contributed by atoms with Crippen LogP contribution in [0.5, 0.6) is 11.5 Å². The van der Waals surface area contributed by atoms with E-state index in [4.69, 9.17) is 9.47 Å². The first-order valence-electron chi connectivity index (χ1n) is 9.58. The van der Waals surface area contributed by atoms with Gasteiger partial charge in [0.1, 0.15) is 17.0 Å². The summed E-state index contributed by atoms with van der Waals surface area (Å²) in [6.45, 7) is 3.15. The number of hydrogen-bond donors (Lipinski definition) is 1. The molecule has 2 heterocycles. The molecule has 0 spiro atoms. The second kappa shape index (κ2) is 8.29. The van der Waals surface area contributed by atoms with Gasteiger partial charge in [0.25, 0.3) is 0 Å². The molecule has 0 unspecified atom stereocenters. The highest BCUT2D eigenvalue weighted by atomic mass is 19.4. The number of halogens is 3. The minimum absolute atomic E-state index is 0.0709. The Kier molecular flexibility index (Phi) is 6.03. The van der Waals surface area contributed by atoms with Crippen LogP contribution in [-0.4, -0.2) is 45.7 Å². The fourth-order valence-electron chi connectivity index (χ4n) is 3.66. The van der Waals surface area contributed by atoms with Crippen molar-refractivity contribution in [1.82, 2.24) is 14.8 Å². The third-order valence-electron chi connectivity index (χ3n) is 5.04. The molecule has 0 aliphatic heterocycles. The zero-order chi connectivity index (χ0) is 23.8. The molecule has 0 amide bonds. The van der Waals surface area contributed by atoms with Crippen molar-refractivity contribution >= 4 is 17.3 Å². The zero-order valence-corrected chi connectivity index (χ0v) is 17.9. The summed E-state index contributed by atoms with van der Waals surface area (Å²) >= 11 is 0. The smallest absolute Gasteiger partial charge is 0.435 e. The van der Waals surface area contributed by atoms with Crippen molar-refractivity contribution in [2.75, 3.05) is 14.2 Å². The molecule has 172 valence electrons. The number of ketones is 2. The number of carbonyl (C=O) groups is 2. The lowest BCUT2D eigenvalue weighted by Gasteiger charge is -2.28. The first kappa shape index (κ1) is 23.3. The predicted molar refractivity (Wildman–Crippen MR) is 106 cm³/mol. The van der Waals surface area contributed by atoms with Crippen LogP contribution in [0.15, 0.2) is 24.0 Å². The normalized spacial score (nSPS) is 16.3. The van der Waals surface area contributed by atoms with Crippen LogP contribution in [0.1, 0.15) is 43.6 Å². The Hall–Kier alpha value is -3.37. The summed E-state index contributed by atoms with van der Waals surface area (Å²) in [5, 5.41) is 14.1. The van der Waals surface area contributed by atoms with E-state index in [9.17, 15) is 27.9 Å². The van der Waals surface area contributed by atoms with E-state index in [0.717, 1.165) is 10.9 Å². The van der Waals surface area contributed by atoms with E-state index in [1.807, 2.05) is 0 Å². The number of aromatic nitrogens is 3. The maximum absolute atomic E-state index is 13.7. The van der Waals surface area contributed by atoms with Crippen molar-refractivity contribution in [2.24, 2.45) is 5.41 Å². The fourth-order valence-corrected chi connectivity index (χ4v) is 3.66. The second-order valence-corrected chi connectivity index (χ2v) is 8.17. The second-order valence-electron chi connectivity index (χ2n) is 8.17. The number of Topliss-reactive ketones (excluding diaryl/α,β-unsaturated/α-hetero) is 2. The van der Waals surface area contributed by atoms with Gasteiger partial charge in [0.2, 0.25) is 0 Å². The number of aliphatic hydroxyl groups excluding tert-OH is 1. The van der Waals surface area contributed by atoms with Crippen LogP contribution in [0.2, 0.25) is 0 Å². The standard InChI is InChI=1S/C21H22F3N3O5/c1-20(2)7-13(28)16(14(29)8-20)17(30)11-9-27(26-19(11)21(22,23)24)10-12-18(32-4)15(31-3)5-6-25-12/h5-6,9,30H,7-8,10H2,1-4H3. The van der Waals surface area contributed by atoms with Gasteiger partial charge in [-0.05, 0) is 5.41 Å². The summed E-state index contributed by atoms with van der Waals surface area (Å²) in [4.78, 5) is 29.0. The Labute approximate surface area is 181 Å². The Morgan fingerprint density at radius 3 is 2.34 bits per heavy atom. The average Bonchev–Trinajstić information content (AvgIpc) is 3.10. The van der Waals surface area contributed by atoms with E-state index in [1.165, 1.54) is 26.5 Å². The molecule has 3 rings (SSSR count). The van der Waals surface area contributed by atoms with Crippen molar-refractivity contribution in [2.45, 2.75) is 39.4 Å². The van der Waals surface area contributed by atoms with E-state index < -0.39 is 45.7 Å². The summed E-state index contributed by atoms with van der Waals surface area (Å²) in [5.74, 6) is -1.91. The molecule has 1 aliphatic carbocycles. The van der Waals surface area contributed by atoms with Gasteiger partial charge in [-0.1, -0.05) is 13.8 Å². The highest BCUT2D eigenvalue weighted by Gasteiger charge is 2.42. The number of pyridine rings is 1. The predicted octanol–water partition coefficient (Wildman–Crippen LogP) is 3.59. The van der Waals surface area contributed by atoms with Gasteiger partial charge in [0, 0.05) is 31.3 Å². The minimum atomic E-state index is -4.94. The summed E-state index contributed by atoms with van der Waals surface area (Å²) in [7, 11) is 2.76. The summed E-state index contributed by atoms with van der Waals surface area (Å²) in [5.41, 5.74) is -3.21. The Morgan fingerprint density at radius 2 is 1.81 bits per heavy atom. The molecule has 1 fully saturated rings. The van der Waals surface area contributed by atoms with Gasteiger partial charge in [-0.3, -0.25) is 19.3 Å². The lowest BCUT2D eigenvalue weighted by atomic mass is 9.73. The number of allylic oxidation sites excluding steroid dienone is 1. The third kappa shape index (κ3) is 4.46. The van der Waals surface area contributed by atoms with E-state index in [-0.39, 0.29) is 30.8 Å². The molecule has 0 bridgehead atoms. The number of carbonyl (C=O) groups excluding carboxylic acids is 2. The fraction of sp³-hybridized carbons (Fsp3) is 0.429. The summed E-state index contributed by atoms with van der Waals surface area (Å²) in [6.07, 6.45) is -2.77. The molecule has 1 N–H and O–H groups in total. The maximum Gasteiger partial charge on any atom is 0.435 e. The molecule has 1 aliphatic rings. The average molecular weight is 453 g/mol. The SMILES string of the molecule is COc1ccnc(Cn2cc(C(O)=C3C(=O)CC(C)(C)CC3=O)c(C(F)(F)F)n2)c1OC. The molecule has 0 aromatic carbocycles. The van der Waals surface area contributed by atoms with Crippen molar-refractivity contribution in [3.63, 3.8) is 0 Å². The van der Waals surface area contributed by atoms with Crippen molar-refractivity contribution in [3.05, 3.63) is 41.0 Å². The molecule has 2 aromatic heterocycles. The quantitative estimate of drug-likeness (QED) is 0.419. The number of methoxy groups -OCH3 is 2. The molecule has 0 saturated heterocycles. The van der Waals surface area contributed by atoms with E-state index >= 15 is 0 Å². The van der Waals surface area contributed by atoms with Crippen LogP contribution < -0.4 is 9.47 Å². The largest absolute Gasteiger partial charge is 0.506 e. The van der Waals surface area contributed by atoms with Gasteiger partial charge in [-0.2, -0.15) is 18.3 Å². The highest BCUT2D eigenvalue weighted by Crippen LogP contribution is 2.39. The van der Waals surface area contributed by atoms with Crippen LogP contribution in [0.3, 0.4) is 0 Å². The number of aliphatic hydroxyl groups is 1. The monoisotopic (exact) mass is 453 g/mol. The zero-order valence-electron chi connectivity index (χ0n) is 17.9. The van der Waals surface area contributed by atoms with Crippen LogP contribution >= 0.6 is 0 Å². The Balaban J connectivity index is 2.09. The molecular formula is C21H22F3N3O5. The third-order valence-corrected chi connectivity index (χ3v) is 5.04. The van der Waals surface area contributed by atoms with Crippen LogP contribution in [0.25, 0.3) is 5.76 Å². The molecule has 0 radical (unpaired) electrons. The molecule has 8 nitrogen and oxygen atoms in total. The van der Waals surface area contributed by atoms with E-state index in [1.54, 1.807) is 13.8 Å². The topological polar surface area (TPSA) is 104 Å². The van der Waals surface area contributed by atoms with Gasteiger partial charge in [-0.15, -0.1) is 0 Å². The van der Waals surface area contributed by atoms with E-state index in [2.05, 4.69) is 10.1 Å². The van der Waals surface area contributed by atoms with Gasteiger partial charge in [0.05, 0.1) is 26.3 Å². The summed E-state index contributed by atoms with van der Waals surface area (Å²) < 4.78 is 52.3. The minimum Gasteiger partial charge on any atom is -0.506 e. The number of nitrogens with zero attached hydrogens (tertiary/aromatic N) is 3. The van der Waals surface area contributed by atoms with Gasteiger partial charge in [-0.25, -0.2) is 0 Å². The van der Waals surface area contributed by atoms with Crippen LogP contribution in [-0.2, 0) is 22.3 Å². The lowest BCUT2D eigenvalue weighted by Crippen LogP contribution is -2.32. The molecule has 11 heteroatoms. The van der Waals surface area contributed by atoms with Crippen molar-refractivity contribution < 1.29 is 37.3 Å². The summed E-state index contributed by atoms with van der Waals surface area (Å²) in [6, 6.07) is 1.52. The van der Waals surface area contributed by atoms with Crippen molar-refractivity contribution in [1.29, 1.82) is 0 Å². The lowest BCUT2D eigenvalue weighted by molar-refractivity contribution is -0.142. The maximum atomic E-state index is 13.7. The number of rotatable bonds is 5. The Morgan fingerprint density at radius 1 is 1.19 bits per heavy atom. The van der Waals surface area contributed by atoms with Gasteiger partial charge >= 0.3 is 6.18 Å². The first-order chi connectivity index (χ1) is 14.9. The molecule has 1 saturated carbocycles. The number of alkyl halides is 3. The molecular weight excluding hydrogens is 431 g/mol. The van der Waals surface area contributed by atoms with Gasteiger partial charge in [0.15, 0.2) is 28.8 Å². The first-order valence-corrected chi connectivity index (χ1v) is 9.58. The van der Waals surface area contributed by atoms with E-state index in [0.29, 0.717) is 5.75 Å². The molecule has 32 heavy (non-hydrogen) atoms. The van der Waals surface area contributed by atoms with Crippen LogP contribution in [0.4, 0.5) is 13.2 Å². The number of ether oxygens (including phenoxy) is 2. The Bertz CT molecular complexity index is 1080. The van der Waals surface area contributed by atoms with Crippen LogP contribution in [0, 0.1) is 5.41 Å². The number of hydrogen-bond acceptors (Lipinski definition) is 7. The van der Waals surface area contributed by atoms with Gasteiger partial charge < -0.3 is 14.6 Å². The molecule has 2 aromatic rings. The highest BCUT2D eigenvalue weighted by molar-refractivity contribution is 6.26. The molecule has 0 atom stereocenters.